The number of nitrogens with two attached hydrogens (primary N) is 1. The van der Waals surface area contributed by atoms with Crippen molar-refractivity contribution in [1.29, 1.82) is 0 Å². The zero-order chi connectivity index (χ0) is 19.0. The highest BCUT2D eigenvalue weighted by Crippen LogP contribution is 2.38. The zero-order valence-corrected chi connectivity index (χ0v) is 16.6. The lowest BCUT2D eigenvalue weighted by Crippen LogP contribution is -2.47. The number of aromatic nitrogens is 1. The summed E-state index contributed by atoms with van der Waals surface area (Å²) in [5, 5.41) is 4.22. The Bertz CT molecular complexity index is 729. The molecule has 1 fully saturated rings. The molecule has 25 heavy (non-hydrogen) atoms. The van der Waals surface area contributed by atoms with Gasteiger partial charge in [-0.3, -0.25) is 4.79 Å². The lowest BCUT2D eigenvalue weighted by atomic mass is 9.80. The van der Waals surface area contributed by atoms with Crippen molar-refractivity contribution < 1.29 is 17.7 Å². The average Bonchev–Trinajstić information content (AvgIpc) is 2.96. The van der Waals surface area contributed by atoms with Crippen LogP contribution < -0.4 is 5.73 Å². The molecule has 1 aliphatic rings. The Hall–Kier alpha value is -1.37. The summed E-state index contributed by atoms with van der Waals surface area (Å²) in [4.78, 5) is 11.5. The Labute approximate surface area is 150 Å². The van der Waals surface area contributed by atoms with Crippen LogP contribution in [0.15, 0.2) is 10.6 Å². The summed E-state index contributed by atoms with van der Waals surface area (Å²) in [7, 11) is -3.60. The van der Waals surface area contributed by atoms with Crippen LogP contribution in [-0.4, -0.2) is 30.0 Å². The van der Waals surface area contributed by atoms with Crippen molar-refractivity contribution in [3.8, 4) is 0 Å². The van der Waals surface area contributed by atoms with Gasteiger partial charge in [0.15, 0.2) is 9.84 Å². The summed E-state index contributed by atoms with van der Waals surface area (Å²) < 4.78 is 29.2. The topological polar surface area (TPSA) is 103 Å². The molecule has 0 bridgehead atoms. The summed E-state index contributed by atoms with van der Waals surface area (Å²) in [6.45, 7) is 8.98. The van der Waals surface area contributed by atoms with Crippen LogP contribution in [0.3, 0.4) is 0 Å². The van der Waals surface area contributed by atoms with Gasteiger partial charge in [-0.25, -0.2) is 8.42 Å². The number of rotatable bonds is 5. The van der Waals surface area contributed by atoms with Gasteiger partial charge in [0.2, 0.25) is 5.91 Å². The number of hydrogen-bond acceptors (Lipinski definition) is 5. The van der Waals surface area contributed by atoms with E-state index in [-0.39, 0.29) is 23.0 Å². The Balaban J connectivity index is 2.11. The minimum Gasteiger partial charge on any atom is -0.368 e. The van der Waals surface area contributed by atoms with Crippen molar-refractivity contribution in [1.82, 2.24) is 5.16 Å². The van der Waals surface area contributed by atoms with Gasteiger partial charge in [0.1, 0.15) is 10.5 Å². The molecule has 1 aromatic heterocycles. The maximum atomic E-state index is 12.6. The van der Waals surface area contributed by atoms with Gasteiger partial charge in [0.05, 0.1) is 11.4 Å². The Morgan fingerprint density at radius 1 is 1.28 bits per heavy atom. The summed E-state index contributed by atoms with van der Waals surface area (Å²) in [6, 6.07) is 1.99. The monoisotopic (exact) mass is 370 g/mol. The van der Waals surface area contributed by atoms with Crippen molar-refractivity contribution in [3.63, 3.8) is 0 Å². The summed E-state index contributed by atoms with van der Waals surface area (Å²) in [5.41, 5.74) is 6.08. The highest BCUT2D eigenvalue weighted by Gasteiger charge is 2.42. The van der Waals surface area contributed by atoms with Gasteiger partial charge in [-0.15, -0.1) is 0 Å². The molecule has 7 heteroatoms. The number of carbonyl (C=O) groups is 1. The van der Waals surface area contributed by atoms with Crippen molar-refractivity contribution in [3.05, 3.63) is 17.5 Å². The first-order valence-electron chi connectivity index (χ1n) is 8.84. The fraction of sp³-hybridized carbons (Fsp3) is 0.778. The fourth-order valence-corrected chi connectivity index (χ4v) is 4.86. The minimum atomic E-state index is -3.60. The van der Waals surface area contributed by atoms with E-state index in [1.54, 1.807) is 0 Å². The standard InChI is InChI=1S/C18H30N2O4S/c1-17(2,3)15-10-14(20-24-15)13-8-6-7-12(9-13)11-25(22,23)18(4,5)16(19)21/h10,12-13H,6-9,11H2,1-5H3,(H2,19,21). The van der Waals surface area contributed by atoms with Crippen LogP contribution in [0.5, 0.6) is 0 Å². The lowest BCUT2D eigenvalue weighted by Gasteiger charge is -2.30. The molecule has 142 valence electrons. The second-order valence-electron chi connectivity index (χ2n) is 8.75. The fourth-order valence-electron chi connectivity index (χ4n) is 3.22. The van der Waals surface area contributed by atoms with Crippen molar-refractivity contribution in [2.75, 3.05) is 5.75 Å². The van der Waals surface area contributed by atoms with E-state index < -0.39 is 20.5 Å². The highest BCUT2D eigenvalue weighted by atomic mass is 32.2. The third kappa shape index (κ3) is 4.25. The van der Waals surface area contributed by atoms with Crippen LogP contribution in [0, 0.1) is 5.92 Å². The number of sulfone groups is 1. The van der Waals surface area contributed by atoms with Gasteiger partial charge in [0, 0.05) is 17.4 Å². The summed E-state index contributed by atoms with van der Waals surface area (Å²) in [5.74, 6) is 0.240. The molecule has 1 saturated carbocycles. The van der Waals surface area contributed by atoms with E-state index in [0.29, 0.717) is 0 Å². The molecule has 2 unspecified atom stereocenters. The minimum absolute atomic E-state index is 0.0105. The second-order valence-corrected chi connectivity index (χ2v) is 11.3. The Morgan fingerprint density at radius 2 is 1.92 bits per heavy atom. The third-order valence-corrected chi connectivity index (χ3v) is 7.96. The number of hydrogen-bond donors (Lipinski definition) is 1. The molecule has 1 amide bonds. The van der Waals surface area contributed by atoms with Crippen LogP contribution in [-0.2, 0) is 20.0 Å². The van der Waals surface area contributed by atoms with Crippen LogP contribution in [0.4, 0.5) is 0 Å². The van der Waals surface area contributed by atoms with E-state index in [9.17, 15) is 13.2 Å². The first-order valence-corrected chi connectivity index (χ1v) is 10.5. The van der Waals surface area contributed by atoms with E-state index in [1.807, 2.05) is 6.07 Å². The SMILES string of the molecule is CC(C)(C)c1cc(C2CCCC(CS(=O)(=O)C(C)(C)C(N)=O)C2)no1. The van der Waals surface area contributed by atoms with Crippen LogP contribution in [0.2, 0.25) is 0 Å². The molecule has 0 aliphatic heterocycles. The molecule has 1 aromatic rings. The third-order valence-electron chi connectivity index (χ3n) is 5.29. The quantitative estimate of drug-likeness (QED) is 0.858. The normalized spacial score (nSPS) is 22.8. The van der Waals surface area contributed by atoms with Crippen molar-refractivity contribution in [2.24, 2.45) is 11.7 Å². The molecular formula is C18H30N2O4S. The number of amides is 1. The van der Waals surface area contributed by atoms with Crippen LogP contribution in [0.1, 0.15) is 77.7 Å². The second kappa shape index (κ2) is 6.74. The van der Waals surface area contributed by atoms with E-state index in [4.69, 9.17) is 10.3 Å². The molecule has 2 rings (SSSR count). The molecule has 0 aromatic carbocycles. The van der Waals surface area contributed by atoms with Gasteiger partial charge >= 0.3 is 0 Å². The van der Waals surface area contributed by atoms with Gasteiger partial charge in [-0.05, 0) is 39.0 Å². The molecule has 1 heterocycles. The van der Waals surface area contributed by atoms with Gasteiger partial charge in [0.25, 0.3) is 0 Å². The Kier molecular flexibility index (Phi) is 5.38. The molecule has 2 atom stereocenters. The van der Waals surface area contributed by atoms with E-state index in [2.05, 4.69) is 25.9 Å². The largest absolute Gasteiger partial charge is 0.368 e. The first kappa shape index (κ1) is 19.9. The first-order chi connectivity index (χ1) is 11.3. The number of primary amides is 1. The average molecular weight is 371 g/mol. The van der Waals surface area contributed by atoms with Gasteiger partial charge in [-0.1, -0.05) is 32.3 Å². The van der Waals surface area contributed by atoms with E-state index in [1.165, 1.54) is 13.8 Å². The lowest BCUT2D eigenvalue weighted by molar-refractivity contribution is -0.119. The predicted molar refractivity (Wildman–Crippen MR) is 97.0 cm³/mol. The highest BCUT2D eigenvalue weighted by molar-refractivity contribution is 7.93. The predicted octanol–water partition coefficient (Wildman–Crippen LogP) is 2.92. The maximum absolute atomic E-state index is 12.6. The molecular weight excluding hydrogens is 340 g/mol. The zero-order valence-electron chi connectivity index (χ0n) is 15.8. The van der Waals surface area contributed by atoms with Crippen LogP contribution >= 0.6 is 0 Å². The molecule has 0 spiro atoms. The van der Waals surface area contributed by atoms with E-state index >= 15 is 0 Å². The Morgan fingerprint density at radius 3 is 2.44 bits per heavy atom. The molecule has 2 N–H and O–H groups in total. The number of nitrogens with zero attached hydrogens (tertiary/aromatic N) is 1. The molecule has 6 nitrogen and oxygen atoms in total. The molecule has 0 saturated heterocycles. The van der Waals surface area contributed by atoms with Crippen LogP contribution in [0.25, 0.3) is 0 Å². The summed E-state index contributed by atoms with van der Waals surface area (Å²) >= 11 is 0. The van der Waals surface area contributed by atoms with Crippen molar-refractivity contribution >= 4 is 15.7 Å². The maximum Gasteiger partial charge on any atom is 0.238 e. The van der Waals surface area contributed by atoms with E-state index in [0.717, 1.165) is 37.1 Å². The van der Waals surface area contributed by atoms with Gasteiger partial charge < -0.3 is 10.3 Å². The summed E-state index contributed by atoms with van der Waals surface area (Å²) in [6.07, 6.45) is 3.50. The van der Waals surface area contributed by atoms with Gasteiger partial charge in [-0.2, -0.15) is 0 Å². The molecule has 0 radical (unpaired) electrons. The van der Waals surface area contributed by atoms with Crippen molar-refractivity contribution in [2.45, 2.75) is 76.4 Å². The smallest absolute Gasteiger partial charge is 0.238 e. The number of carbonyl (C=O) groups excluding carboxylic acids is 1. The molecule has 1 aliphatic carbocycles.